The molecule has 5 nitrogen and oxygen atoms in total. The lowest BCUT2D eigenvalue weighted by atomic mass is 9.88. The van der Waals surface area contributed by atoms with Gasteiger partial charge in [0.15, 0.2) is 5.82 Å². The van der Waals surface area contributed by atoms with E-state index in [4.69, 9.17) is 0 Å². The summed E-state index contributed by atoms with van der Waals surface area (Å²) in [6.45, 7) is 4.11. The molecule has 1 aromatic rings. The van der Waals surface area contributed by atoms with E-state index in [1.165, 1.54) is 19.2 Å². The zero-order chi connectivity index (χ0) is 13.3. The second kappa shape index (κ2) is 4.97. The lowest BCUT2D eigenvalue weighted by Crippen LogP contribution is -2.47. The van der Waals surface area contributed by atoms with Gasteiger partial charge in [-0.05, 0) is 40.8 Å². The Bertz CT molecular complexity index is 393. The van der Waals surface area contributed by atoms with E-state index in [1.54, 1.807) is 0 Å². The van der Waals surface area contributed by atoms with Gasteiger partial charge in [-0.2, -0.15) is 5.10 Å². The molecule has 1 aliphatic carbocycles. The quantitative estimate of drug-likeness (QED) is 0.887. The van der Waals surface area contributed by atoms with Crippen molar-refractivity contribution in [1.29, 1.82) is 0 Å². The van der Waals surface area contributed by atoms with E-state index in [-0.39, 0.29) is 11.6 Å². The van der Waals surface area contributed by atoms with Gasteiger partial charge in [0.2, 0.25) is 0 Å². The Balaban J connectivity index is 2.34. The van der Waals surface area contributed by atoms with Crippen LogP contribution in [0.5, 0.6) is 0 Å². The third-order valence-electron chi connectivity index (χ3n) is 4.20. The van der Waals surface area contributed by atoms with E-state index in [2.05, 4.69) is 28.8 Å². The van der Waals surface area contributed by atoms with Crippen molar-refractivity contribution in [1.82, 2.24) is 19.7 Å². The van der Waals surface area contributed by atoms with E-state index in [1.807, 2.05) is 18.8 Å². The molecule has 18 heavy (non-hydrogen) atoms. The molecule has 1 fully saturated rings. The fourth-order valence-electron chi connectivity index (χ4n) is 3.05. The summed E-state index contributed by atoms with van der Waals surface area (Å²) in [4.78, 5) is 6.44. The van der Waals surface area contributed by atoms with Crippen LogP contribution in [0.25, 0.3) is 0 Å². The molecule has 1 N–H and O–H groups in total. The fraction of sp³-hybridized carbons (Fsp3) is 0.846. The Labute approximate surface area is 109 Å². The second-order valence-electron chi connectivity index (χ2n) is 5.76. The van der Waals surface area contributed by atoms with Crippen molar-refractivity contribution in [2.45, 2.75) is 57.2 Å². The number of nitrogens with zero attached hydrogens (tertiary/aromatic N) is 4. The first-order chi connectivity index (χ1) is 8.49. The predicted octanol–water partition coefficient (Wildman–Crippen LogP) is 1.77. The van der Waals surface area contributed by atoms with E-state index in [9.17, 15) is 5.11 Å². The molecule has 2 rings (SSSR count). The van der Waals surface area contributed by atoms with Gasteiger partial charge in [0, 0.05) is 6.04 Å². The van der Waals surface area contributed by atoms with E-state index >= 15 is 0 Å². The number of hydrogen-bond acceptors (Lipinski definition) is 4. The van der Waals surface area contributed by atoms with Crippen molar-refractivity contribution in [2.24, 2.45) is 0 Å². The Morgan fingerprint density at radius 3 is 2.44 bits per heavy atom. The zero-order valence-electron chi connectivity index (χ0n) is 11.8. The van der Waals surface area contributed by atoms with Gasteiger partial charge in [-0.3, -0.25) is 0 Å². The van der Waals surface area contributed by atoms with Gasteiger partial charge in [-0.25, -0.2) is 9.67 Å². The third-order valence-corrected chi connectivity index (χ3v) is 4.20. The van der Waals surface area contributed by atoms with Gasteiger partial charge in [-0.1, -0.05) is 12.8 Å². The summed E-state index contributed by atoms with van der Waals surface area (Å²) in [7, 11) is 4.09. The summed E-state index contributed by atoms with van der Waals surface area (Å²) in [6, 6.07) is 0.220. The maximum absolute atomic E-state index is 10.8. The minimum Gasteiger partial charge on any atom is -0.383 e. The summed E-state index contributed by atoms with van der Waals surface area (Å²) in [6.07, 6.45) is 5.35. The average molecular weight is 252 g/mol. The maximum Gasteiger partial charge on any atom is 0.157 e. The van der Waals surface area contributed by atoms with Crippen molar-refractivity contribution in [3.8, 4) is 0 Å². The first-order valence-electron chi connectivity index (χ1n) is 6.74. The molecule has 0 aromatic carbocycles. The largest absolute Gasteiger partial charge is 0.383 e. The summed E-state index contributed by atoms with van der Waals surface area (Å²) in [5.41, 5.74) is -0.181. The minimum atomic E-state index is -0.570. The van der Waals surface area contributed by atoms with Crippen LogP contribution in [0.3, 0.4) is 0 Å². The molecule has 0 radical (unpaired) electrons. The monoisotopic (exact) mass is 252 g/mol. The van der Waals surface area contributed by atoms with Crippen molar-refractivity contribution >= 4 is 0 Å². The van der Waals surface area contributed by atoms with Crippen molar-refractivity contribution in [2.75, 3.05) is 14.1 Å². The molecule has 1 aromatic heterocycles. The highest BCUT2D eigenvalue weighted by Gasteiger charge is 2.45. The van der Waals surface area contributed by atoms with Crippen LogP contribution in [0.1, 0.15) is 57.5 Å². The molecule has 1 heterocycles. The highest BCUT2D eigenvalue weighted by Crippen LogP contribution is 2.43. The van der Waals surface area contributed by atoms with Crippen molar-refractivity contribution in [3.05, 3.63) is 12.2 Å². The zero-order valence-corrected chi connectivity index (χ0v) is 11.8. The maximum atomic E-state index is 10.8. The van der Waals surface area contributed by atoms with E-state index in [0.29, 0.717) is 5.82 Å². The lowest BCUT2D eigenvalue weighted by Gasteiger charge is -2.40. The number of aliphatic hydroxyl groups is 1. The van der Waals surface area contributed by atoms with E-state index in [0.717, 1.165) is 12.8 Å². The molecule has 0 amide bonds. The lowest BCUT2D eigenvalue weighted by molar-refractivity contribution is -0.0131. The predicted molar refractivity (Wildman–Crippen MR) is 70.3 cm³/mol. The SMILES string of the molecule is CC(C)n1ncnc1C(O)C1(N(C)C)CCCC1. The highest BCUT2D eigenvalue weighted by atomic mass is 16.3. The van der Waals surface area contributed by atoms with Gasteiger partial charge in [0.1, 0.15) is 12.4 Å². The van der Waals surface area contributed by atoms with E-state index < -0.39 is 6.10 Å². The molecule has 1 unspecified atom stereocenters. The standard InChI is InChI=1S/C13H24N4O/c1-10(2)17-12(14-9-15-17)11(18)13(16(3)4)7-5-6-8-13/h9-11,18H,5-8H2,1-4H3. The van der Waals surface area contributed by atoms with Crippen LogP contribution in [-0.2, 0) is 0 Å². The van der Waals surface area contributed by atoms with Crippen molar-refractivity contribution < 1.29 is 5.11 Å². The Kier molecular flexibility index (Phi) is 3.73. The fourth-order valence-corrected chi connectivity index (χ4v) is 3.05. The van der Waals surface area contributed by atoms with Gasteiger partial charge < -0.3 is 10.0 Å². The van der Waals surface area contributed by atoms with Crippen LogP contribution in [0.2, 0.25) is 0 Å². The summed E-state index contributed by atoms with van der Waals surface area (Å²) >= 11 is 0. The van der Waals surface area contributed by atoms with Crippen LogP contribution in [0.4, 0.5) is 0 Å². The molecule has 0 saturated heterocycles. The molecular formula is C13H24N4O. The number of rotatable bonds is 4. The molecule has 1 atom stereocenters. The van der Waals surface area contributed by atoms with Crippen LogP contribution < -0.4 is 0 Å². The molecule has 0 aliphatic heterocycles. The molecule has 5 heteroatoms. The Morgan fingerprint density at radius 1 is 1.33 bits per heavy atom. The molecular weight excluding hydrogens is 228 g/mol. The normalized spacial score (nSPS) is 20.8. The summed E-state index contributed by atoms with van der Waals surface area (Å²) < 4.78 is 1.83. The van der Waals surface area contributed by atoms with Gasteiger partial charge in [0.05, 0.1) is 5.54 Å². The Morgan fingerprint density at radius 2 is 1.94 bits per heavy atom. The average Bonchev–Trinajstić information content (AvgIpc) is 2.98. The first kappa shape index (κ1) is 13.5. The van der Waals surface area contributed by atoms with Crippen molar-refractivity contribution in [3.63, 3.8) is 0 Å². The number of hydrogen-bond donors (Lipinski definition) is 1. The smallest absolute Gasteiger partial charge is 0.157 e. The van der Waals surface area contributed by atoms with Crippen LogP contribution in [-0.4, -0.2) is 44.4 Å². The van der Waals surface area contributed by atoms with Gasteiger partial charge in [-0.15, -0.1) is 0 Å². The minimum absolute atomic E-state index is 0.181. The topological polar surface area (TPSA) is 54.2 Å². The number of aromatic nitrogens is 3. The molecule has 1 saturated carbocycles. The molecule has 0 bridgehead atoms. The third kappa shape index (κ3) is 2.06. The second-order valence-corrected chi connectivity index (χ2v) is 5.76. The highest BCUT2D eigenvalue weighted by molar-refractivity contribution is 5.07. The van der Waals surface area contributed by atoms with Gasteiger partial charge >= 0.3 is 0 Å². The summed E-state index contributed by atoms with van der Waals surface area (Å²) in [5.74, 6) is 0.695. The van der Waals surface area contributed by atoms with Crippen LogP contribution >= 0.6 is 0 Å². The summed E-state index contributed by atoms with van der Waals surface area (Å²) in [5, 5.41) is 15.0. The number of aliphatic hydroxyl groups excluding tert-OH is 1. The van der Waals surface area contributed by atoms with Crippen LogP contribution in [0.15, 0.2) is 6.33 Å². The molecule has 1 aliphatic rings. The molecule has 0 spiro atoms. The Hall–Kier alpha value is -0.940. The molecule has 102 valence electrons. The van der Waals surface area contributed by atoms with Gasteiger partial charge in [0.25, 0.3) is 0 Å². The number of likely N-dealkylation sites (N-methyl/N-ethyl adjacent to an activating group) is 1. The van der Waals surface area contributed by atoms with Crippen LogP contribution in [0, 0.1) is 0 Å². The first-order valence-corrected chi connectivity index (χ1v) is 6.74.